The number of nitrogens with zero attached hydrogens (tertiary/aromatic N) is 2. The van der Waals surface area contributed by atoms with Crippen LogP contribution in [0.5, 0.6) is 0 Å². The van der Waals surface area contributed by atoms with Crippen LogP contribution >= 0.6 is 11.6 Å². The van der Waals surface area contributed by atoms with Gasteiger partial charge in [-0.05, 0) is 18.4 Å². The lowest BCUT2D eigenvalue weighted by molar-refractivity contribution is -0.00156. The number of methoxy groups -OCH3 is 1. The molecule has 1 amide bonds. The minimum Gasteiger partial charge on any atom is -0.384 e. The van der Waals surface area contributed by atoms with Crippen molar-refractivity contribution in [2.24, 2.45) is 5.92 Å². The molecule has 2 unspecified atom stereocenters. The summed E-state index contributed by atoms with van der Waals surface area (Å²) in [6.07, 6.45) is 2.39. The Morgan fingerprint density at radius 3 is 3.05 bits per heavy atom. The smallest absolute Gasteiger partial charge is 0.255 e. The number of piperidine rings is 1. The fourth-order valence-corrected chi connectivity index (χ4v) is 2.50. The van der Waals surface area contributed by atoms with E-state index >= 15 is 0 Å². The maximum absolute atomic E-state index is 12.4. The van der Waals surface area contributed by atoms with Crippen molar-refractivity contribution in [3.8, 4) is 0 Å². The first-order chi connectivity index (χ1) is 9.02. The number of hydrogen-bond donors (Lipinski definition) is 1. The number of likely N-dealkylation sites (tertiary alicyclic amines) is 1. The zero-order valence-electron chi connectivity index (χ0n) is 11.1. The fourth-order valence-electron chi connectivity index (χ4n) is 2.31. The van der Waals surface area contributed by atoms with E-state index in [-0.39, 0.29) is 12.0 Å². The van der Waals surface area contributed by atoms with Gasteiger partial charge in [-0.15, -0.1) is 0 Å². The SMILES string of the molecule is COC1CN(C(=O)c2cc(N)ncc2Cl)CCC1C. The van der Waals surface area contributed by atoms with E-state index in [0.717, 1.165) is 6.42 Å². The Labute approximate surface area is 117 Å². The summed E-state index contributed by atoms with van der Waals surface area (Å²) in [5.74, 6) is 0.626. The van der Waals surface area contributed by atoms with Gasteiger partial charge in [-0.1, -0.05) is 18.5 Å². The van der Waals surface area contributed by atoms with E-state index in [4.69, 9.17) is 22.1 Å². The normalized spacial score (nSPS) is 23.4. The molecule has 1 aliphatic rings. The summed E-state index contributed by atoms with van der Waals surface area (Å²) in [5.41, 5.74) is 6.01. The van der Waals surface area contributed by atoms with Crippen LogP contribution in [0.1, 0.15) is 23.7 Å². The van der Waals surface area contributed by atoms with Crippen LogP contribution in [0.2, 0.25) is 5.02 Å². The number of nitrogen functional groups attached to an aromatic ring is 1. The Hall–Kier alpha value is -1.33. The zero-order valence-corrected chi connectivity index (χ0v) is 11.9. The molecule has 5 nitrogen and oxygen atoms in total. The topological polar surface area (TPSA) is 68.5 Å². The number of nitrogens with two attached hydrogens (primary N) is 1. The maximum atomic E-state index is 12.4. The second-order valence-electron chi connectivity index (χ2n) is 4.88. The van der Waals surface area contributed by atoms with E-state index in [1.54, 1.807) is 12.0 Å². The number of carbonyl (C=O) groups is 1. The van der Waals surface area contributed by atoms with Gasteiger partial charge in [-0.2, -0.15) is 0 Å². The molecule has 104 valence electrons. The van der Waals surface area contributed by atoms with Crippen LogP contribution < -0.4 is 5.73 Å². The quantitative estimate of drug-likeness (QED) is 0.899. The molecule has 19 heavy (non-hydrogen) atoms. The van der Waals surface area contributed by atoms with Gasteiger partial charge in [0.15, 0.2) is 0 Å². The van der Waals surface area contributed by atoms with Gasteiger partial charge < -0.3 is 15.4 Å². The summed E-state index contributed by atoms with van der Waals surface area (Å²) in [5, 5.41) is 0.326. The molecule has 0 radical (unpaired) electrons. The third kappa shape index (κ3) is 2.98. The van der Waals surface area contributed by atoms with Crippen molar-refractivity contribution in [3.63, 3.8) is 0 Å². The number of halogens is 1. The molecule has 1 aromatic rings. The second-order valence-corrected chi connectivity index (χ2v) is 5.29. The Kier molecular flexibility index (Phi) is 4.27. The lowest BCUT2D eigenvalue weighted by Crippen LogP contribution is -2.46. The van der Waals surface area contributed by atoms with Crippen LogP contribution in [0, 0.1) is 5.92 Å². The molecule has 2 atom stereocenters. The summed E-state index contributed by atoms with van der Waals surface area (Å²) in [7, 11) is 1.67. The largest absolute Gasteiger partial charge is 0.384 e. The van der Waals surface area contributed by atoms with Gasteiger partial charge in [-0.25, -0.2) is 4.98 Å². The third-order valence-corrected chi connectivity index (χ3v) is 3.89. The lowest BCUT2D eigenvalue weighted by atomic mass is 9.95. The predicted molar refractivity (Wildman–Crippen MR) is 74.1 cm³/mol. The van der Waals surface area contributed by atoms with E-state index in [0.29, 0.717) is 35.4 Å². The molecule has 0 aromatic carbocycles. The van der Waals surface area contributed by atoms with E-state index in [9.17, 15) is 4.79 Å². The maximum Gasteiger partial charge on any atom is 0.255 e. The summed E-state index contributed by atoms with van der Waals surface area (Å²) >= 11 is 6.01. The monoisotopic (exact) mass is 283 g/mol. The van der Waals surface area contributed by atoms with Crippen molar-refractivity contribution in [2.45, 2.75) is 19.4 Å². The summed E-state index contributed by atoms with van der Waals surface area (Å²) < 4.78 is 5.41. The molecule has 1 aromatic heterocycles. The minimum absolute atomic E-state index is 0.0654. The molecule has 6 heteroatoms. The number of carbonyl (C=O) groups excluding carboxylic acids is 1. The molecule has 1 saturated heterocycles. The molecule has 2 N–H and O–H groups in total. The third-order valence-electron chi connectivity index (χ3n) is 3.59. The van der Waals surface area contributed by atoms with Crippen molar-refractivity contribution in [3.05, 3.63) is 22.8 Å². The number of hydrogen-bond acceptors (Lipinski definition) is 4. The average Bonchev–Trinajstić information content (AvgIpc) is 2.41. The van der Waals surface area contributed by atoms with Gasteiger partial charge >= 0.3 is 0 Å². The van der Waals surface area contributed by atoms with Crippen molar-refractivity contribution in [2.75, 3.05) is 25.9 Å². The number of aromatic nitrogens is 1. The highest BCUT2D eigenvalue weighted by Crippen LogP contribution is 2.24. The molecule has 2 rings (SSSR count). The molecule has 2 heterocycles. The lowest BCUT2D eigenvalue weighted by Gasteiger charge is -2.36. The van der Waals surface area contributed by atoms with Crippen molar-refractivity contribution in [1.29, 1.82) is 0 Å². The van der Waals surface area contributed by atoms with Crippen LogP contribution in [0.15, 0.2) is 12.3 Å². The van der Waals surface area contributed by atoms with Crippen LogP contribution in [0.4, 0.5) is 5.82 Å². The Bertz CT molecular complexity index is 481. The molecule has 0 saturated carbocycles. The summed E-state index contributed by atoms with van der Waals surface area (Å²) in [4.78, 5) is 18.1. The Balaban J connectivity index is 2.18. The Morgan fingerprint density at radius 1 is 1.63 bits per heavy atom. The second kappa shape index (κ2) is 5.75. The number of amides is 1. The Morgan fingerprint density at radius 2 is 2.37 bits per heavy atom. The van der Waals surface area contributed by atoms with Crippen LogP contribution in [-0.2, 0) is 4.74 Å². The number of rotatable bonds is 2. The van der Waals surface area contributed by atoms with Gasteiger partial charge in [0.05, 0.1) is 16.7 Å². The first-order valence-electron chi connectivity index (χ1n) is 6.26. The van der Waals surface area contributed by atoms with E-state index in [2.05, 4.69) is 11.9 Å². The fraction of sp³-hybridized carbons (Fsp3) is 0.538. The molecule has 1 fully saturated rings. The van der Waals surface area contributed by atoms with Gasteiger partial charge in [0, 0.05) is 26.4 Å². The van der Waals surface area contributed by atoms with Crippen LogP contribution in [0.3, 0.4) is 0 Å². The number of anilines is 1. The van der Waals surface area contributed by atoms with E-state index in [1.165, 1.54) is 12.3 Å². The first kappa shape index (κ1) is 14.1. The highest BCUT2D eigenvalue weighted by Gasteiger charge is 2.30. The highest BCUT2D eigenvalue weighted by molar-refractivity contribution is 6.33. The van der Waals surface area contributed by atoms with E-state index in [1.807, 2.05) is 0 Å². The highest BCUT2D eigenvalue weighted by atomic mass is 35.5. The summed E-state index contributed by atoms with van der Waals surface area (Å²) in [6, 6.07) is 1.52. The standard InChI is InChI=1S/C13H18ClN3O2/c1-8-3-4-17(7-11(8)19-2)13(18)9-5-12(15)16-6-10(9)14/h5-6,8,11H,3-4,7H2,1-2H3,(H2,15,16). The van der Waals surface area contributed by atoms with Gasteiger partial charge in [-0.3, -0.25) is 4.79 Å². The first-order valence-corrected chi connectivity index (χ1v) is 6.63. The van der Waals surface area contributed by atoms with Gasteiger partial charge in [0.25, 0.3) is 5.91 Å². The van der Waals surface area contributed by atoms with Gasteiger partial charge in [0.2, 0.25) is 0 Å². The van der Waals surface area contributed by atoms with Crippen molar-refractivity contribution in [1.82, 2.24) is 9.88 Å². The molecule has 1 aliphatic heterocycles. The molecule has 0 spiro atoms. The van der Waals surface area contributed by atoms with Crippen LogP contribution in [0.25, 0.3) is 0 Å². The summed E-state index contributed by atoms with van der Waals surface area (Å²) in [6.45, 7) is 3.42. The molecule has 0 aliphatic carbocycles. The number of ether oxygens (including phenoxy) is 1. The molecular formula is C13H18ClN3O2. The molecule has 0 bridgehead atoms. The van der Waals surface area contributed by atoms with Crippen LogP contribution in [-0.4, -0.2) is 42.1 Å². The van der Waals surface area contributed by atoms with Crippen molar-refractivity contribution < 1.29 is 9.53 Å². The average molecular weight is 284 g/mol. The van der Waals surface area contributed by atoms with Gasteiger partial charge in [0.1, 0.15) is 5.82 Å². The zero-order chi connectivity index (χ0) is 14.0. The predicted octanol–water partition coefficient (Wildman–Crippen LogP) is 1.81. The van der Waals surface area contributed by atoms with Crippen molar-refractivity contribution >= 4 is 23.3 Å². The van der Waals surface area contributed by atoms with E-state index < -0.39 is 0 Å². The molecular weight excluding hydrogens is 266 g/mol. The minimum atomic E-state index is -0.118. The number of pyridine rings is 1.